The van der Waals surface area contributed by atoms with Gasteiger partial charge in [-0.1, -0.05) is 64.9 Å². The van der Waals surface area contributed by atoms with E-state index in [2.05, 4.69) is 19.9 Å². The van der Waals surface area contributed by atoms with Crippen LogP contribution in [-0.4, -0.2) is 46.4 Å². The van der Waals surface area contributed by atoms with Gasteiger partial charge in [0.05, 0.1) is 17.7 Å². The molecule has 1 amide bonds. The van der Waals surface area contributed by atoms with E-state index in [0.717, 1.165) is 75.5 Å². The van der Waals surface area contributed by atoms with Gasteiger partial charge in [-0.15, -0.1) is 0 Å². The number of aliphatic hydroxyl groups excluding tert-OH is 1. The Labute approximate surface area is 269 Å². The molecule has 5 rings (SSSR count). The molecule has 45 heavy (non-hydrogen) atoms. The van der Waals surface area contributed by atoms with Crippen LogP contribution in [0.3, 0.4) is 0 Å². The molecular weight excluding hydrogens is 563 g/mol. The van der Waals surface area contributed by atoms with Crippen molar-refractivity contribution in [2.75, 3.05) is 13.1 Å². The monoisotopic (exact) mass is 616 g/mol. The summed E-state index contributed by atoms with van der Waals surface area (Å²) in [5.41, 5.74) is 2.98. The number of carbonyl (C=O) groups excluding carboxylic acids is 1. The highest BCUT2D eigenvalue weighted by Gasteiger charge is 2.59. The molecule has 0 aliphatic heterocycles. The summed E-state index contributed by atoms with van der Waals surface area (Å²) in [4.78, 5) is 15.5. The van der Waals surface area contributed by atoms with Crippen molar-refractivity contribution < 1.29 is 19.4 Å². The number of hydrogen-bond acceptors (Lipinski definition) is 4. The van der Waals surface area contributed by atoms with Crippen molar-refractivity contribution in [2.24, 2.45) is 23.2 Å². The fourth-order valence-electron chi connectivity index (χ4n) is 9.19. The maximum absolute atomic E-state index is 16.1. The minimum atomic E-state index is -0.987. The Morgan fingerprint density at radius 3 is 2.40 bits per heavy atom. The van der Waals surface area contributed by atoms with Crippen LogP contribution in [0.15, 0.2) is 42.5 Å². The number of nitrogens with zero attached hydrogens (tertiary/aromatic N) is 2. The van der Waals surface area contributed by atoms with E-state index >= 15 is 4.39 Å². The number of rotatable bonds is 14. The lowest BCUT2D eigenvalue weighted by atomic mass is 9.51. The third-order valence-corrected chi connectivity index (χ3v) is 11.6. The molecule has 5 nitrogen and oxygen atoms in total. The number of alkyl halides is 1. The van der Waals surface area contributed by atoms with E-state index < -0.39 is 12.3 Å². The lowest BCUT2D eigenvalue weighted by molar-refractivity contribution is -0.0722. The number of unbranched alkanes of at least 4 members (excludes halogenated alkanes) is 7. The fourth-order valence-corrected chi connectivity index (χ4v) is 9.19. The van der Waals surface area contributed by atoms with Gasteiger partial charge in [-0.2, -0.15) is 5.26 Å². The highest BCUT2D eigenvalue weighted by molar-refractivity contribution is 5.94. The van der Waals surface area contributed by atoms with Gasteiger partial charge < -0.3 is 15.1 Å². The first-order valence-electron chi connectivity index (χ1n) is 17.7. The fraction of sp³-hybridized carbons (Fsp3) is 0.641. The van der Waals surface area contributed by atoms with Gasteiger partial charge >= 0.3 is 0 Å². The smallest absolute Gasteiger partial charge is 0.253 e. The van der Waals surface area contributed by atoms with Gasteiger partial charge in [0.1, 0.15) is 11.9 Å². The van der Waals surface area contributed by atoms with Gasteiger partial charge in [-0.3, -0.25) is 4.79 Å². The molecule has 7 atom stereocenters. The summed E-state index contributed by atoms with van der Waals surface area (Å²) in [6, 6.07) is 14.6. The van der Waals surface area contributed by atoms with Gasteiger partial charge in [0.15, 0.2) is 0 Å². The van der Waals surface area contributed by atoms with E-state index in [1.54, 1.807) is 30.3 Å². The molecule has 0 saturated heterocycles. The van der Waals surface area contributed by atoms with E-state index in [-0.39, 0.29) is 28.9 Å². The molecule has 2 N–H and O–H groups in total. The van der Waals surface area contributed by atoms with Crippen molar-refractivity contribution in [3.8, 4) is 11.8 Å². The molecule has 3 aliphatic rings. The minimum Gasteiger partial charge on any atom is -0.508 e. The topological polar surface area (TPSA) is 84.6 Å². The highest BCUT2D eigenvalue weighted by Crippen LogP contribution is 2.63. The molecule has 0 bridgehead atoms. The third kappa shape index (κ3) is 7.40. The number of aliphatic hydroxyl groups is 1. The van der Waals surface area contributed by atoms with Gasteiger partial charge in [0.2, 0.25) is 0 Å². The number of hydrogen-bond donors (Lipinski definition) is 2. The number of phenolic OH excluding ortho intramolecular Hbond substituents is 1. The minimum absolute atomic E-state index is 0.0369. The first-order chi connectivity index (χ1) is 21.8. The largest absolute Gasteiger partial charge is 0.508 e. The lowest BCUT2D eigenvalue weighted by Gasteiger charge is -2.54. The van der Waals surface area contributed by atoms with E-state index in [9.17, 15) is 15.0 Å². The summed E-state index contributed by atoms with van der Waals surface area (Å²) in [5, 5.41) is 30.3. The Hall–Kier alpha value is -2.91. The first-order valence-corrected chi connectivity index (χ1v) is 17.7. The molecule has 3 aliphatic carbocycles. The van der Waals surface area contributed by atoms with Crippen LogP contribution in [0.5, 0.6) is 5.75 Å². The van der Waals surface area contributed by atoms with Crippen LogP contribution in [0.4, 0.5) is 4.39 Å². The quantitative estimate of drug-likeness (QED) is 0.208. The average Bonchev–Trinajstić information content (AvgIpc) is 3.33. The van der Waals surface area contributed by atoms with Crippen LogP contribution in [-0.2, 0) is 6.42 Å². The molecule has 3 unspecified atom stereocenters. The summed E-state index contributed by atoms with van der Waals surface area (Å²) in [6.07, 6.45) is 12.5. The zero-order valence-corrected chi connectivity index (χ0v) is 27.4. The Balaban J connectivity index is 1.22. The van der Waals surface area contributed by atoms with Crippen LogP contribution >= 0.6 is 0 Å². The lowest BCUT2D eigenvalue weighted by Crippen LogP contribution is -2.51. The van der Waals surface area contributed by atoms with Crippen LogP contribution in [0.1, 0.15) is 130 Å². The number of aromatic hydroxyl groups is 1. The van der Waals surface area contributed by atoms with E-state index in [1.807, 2.05) is 17.0 Å². The Morgan fingerprint density at radius 2 is 1.69 bits per heavy atom. The van der Waals surface area contributed by atoms with E-state index in [1.165, 1.54) is 25.7 Å². The third-order valence-electron chi connectivity index (χ3n) is 11.6. The predicted molar refractivity (Wildman–Crippen MR) is 177 cm³/mol. The summed E-state index contributed by atoms with van der Waals surface area (Å²) >= 11 is 0. The average molecular weight is 617 g/mol. The van der Waals surface area contributed by atoms with Crippen molar-refractivity contribution in [3.63, 3.8) is 0 Å². The van der Waals surface area contributed by atoms with Crippen molar-refractivity contribution in [1.82, 2.24) is 4.90 Å². The number of amides is 1. The van der Waals surface area contributed by atoms with Crippen LogP contribution < -0.4 is 0 Å². The summed E-state index contributed by atoms with van der Waals surface area (Å²) in [5.74, 6) is 0.951. The van der Waals surface area contributed by atoms with Gasteiger partial charge in [-0.25, -0.2) is 4.39 Å². The second-order valence-corrected chi connectivity index (χ2v) is 14.5. The first kappa shape index (κ1) is 33.5. The van der Waals surface area contributed by atoms with E-state index in [4.69, 9.17) is 5.26 Å². The summed E-state index contributed by atoms with van der Waals surface area (Å²) in [7, 11) is 0. The van der Waals surface area contributed by atoms with E-state index in [0.29, 0.717) is 35.9 Å². The number of halogens is 1. The number of carbonyl (C=O) groups is 1. The molecule has 0 heterocycles. The molecule has 6 heteroatoms. The number of fused-ring (bicyclic) bond motifs is 5. The maximum atomic E-state index is 16.1. The Bertz CT molecular complexity index is 1320. The zero-order valence-electron chi connectivity index (χ0n) is 27.4. The molecule has 0 spiro atoms. The van der Waals surface area contributed by atoms with Gasteiger partial charge in [0.25, 0.3) is 5.91 Å². The van der Waals surface area contributed by atoms with Crippen LogP contribution in [0, 0.1) is 34.5 Å². The van der Waals surface area contributed by atoms with Gasteiger partial charge in [-0.05, 0) is 116 Å². The SMILES string of the molecule is CCCCCCCCN(CCCCC[C@@H]1Cc2cc(O)ccc2C2C1C1CC[C@H](O)[C@@]1(C)C[C@@H]2F)C(=O)c1ccc(C#N)cc1. The molecular formula is C39H53FN2O3. The molecule has 0 aromatic heterocycles. The number of benzene rings is 2. The molecule has 244 valence electrons. The molecule has 0 radical (unpaired) electrons. The summed E-state index contributed by atoms with van der Waals surface area (Å²) < 4.78 is 16.1. The predicted octanol–water partition coefficient (Wildman–Crippen LogP) is 8.72. The summed E-state index contributed by atoms with van der Waals surface area (Å²) in [6.45, 7) is 5.79. The van der Waals surface area contributed by atoms with Crippen molar-refractivity contribution in [2.45, 2.75) is 122 Å². The molecule has 2 aromatic rings. The van der Waals surface area contributed by atoms with Gasteiger partial charge in [0, 0.05) is 24.6 Å². The van der Waals surface area contributed by atoms with Crippen LogP contribution in [0.25, 0.3) is 0 Å². The standard InChI is InChI=1S/C39H53FN2O3/c1-3-4-5-6-7-10-21-42(38(45)28-15-13-27(26-41)14-16-28)22-11-8-9-12-29-23-30-24-31(43)17-18-32(30)37-34(40)25-39(2)33(36(29)37)19-20-35(39)44/h13-18,24,29,33-37,43-44H,3-12,19-23,25H2,1-2H3/t29-,33?,34+,35+,36?,37?,39+/m1/s1. The Morgan fingerprint density at radius 1 is 1.00 bits per heavy atom. The van der Waals surface area contributed by atoms with Crippen molar-refractivity contribution in [3.05, 3.63) is 64.7 Å². The van der Waals surface area contributed by atoms with Crippen LogP contribution in [0.2, 0.25) is 0 Å². The van der Waals surface area contributed by atoms with Crippen molar-refractivity contribution >= 4 is 5.91 Å². The normalized spacial score (nSPS) is 28.5. The maximum Gasteiger partial charge on any atom is 0.253 e. The Kier molecular flexibility index (Phi) is 11.2. The second kappa shape index (κ2) is 15.1. The molecule has 2 aromatic carbocycles. The number of phenols is 1. The van der Waals surface area contributed by atoms with Crippen molar-refractivity contribution in [1.29, 1.82) is 5.26 Å². The highest BCUT2D eigenvalue weighted by atomic mass is 19.1. The molecule has 2 saturated carbocycles. The second-order valence-electron chi connectivity index (χ2n) is 14.5. The molecule has 2 fully saturated rings. The zero-order chi connectivity index (χ0) is 32.0. The number of nitriles is 1.